The lowest BCUT2D eigenvalue weighted by atomic mass is 9.87. The van der Waals surface area contributed by atoms with Crippen LogP contribution >= 0.6 is 0 Å². The first-order chi connectivity index (χ1) is 18.3. The Balaban J connectivity index is 1.49. The molecule has 0 saturated carbocycles. The van der Waals surface area contributed by atoms with Crippen LogP contribution in [-0.4, -0.2) is 56.7 Å². The third kappa shape index (κ3) is 4.28. The van der Waals surface area contributed by atoms with E-state index in [4.69, 9.17) is 9.84 Å². The van der Waals surface area contributed by atoms with Crippen molar-refractivity contribution in [1.29, 1.82) is 0 Å². The van der Waals surface area contributed by atoms with E-state index in [-0.39, 0.29) is 23.4 Å². The number of anilines is 2. The second kappa shape index (κ2) is 9.80. The number of carbonyl (C=O) groups is 1. The van der Waals surface area contributed by atoms with E-state index < -0.39 is 6.43 Å². The van der Waals surface area contributed by atoms with Crippen LogP contribution in [0.4, 0.5) is 20.3 Å². The van der Waals surface area contributed by atoms with Gasteiger partial charge in [-0.2, -0.15) is 10.2 Å². The van der Waals surface area contributed by atoms with Gasteiger partial charge in [0.1, 0.15) is 0 Å². The maximum absolute atomic E-state index is 14.5. The summed E-state index contributed by atoms with van der Waals surface area (Å²) in [5.41, 5.74) is 5.23. The third-order valence-corrected chi connectivity index (χ3v) is 8.36. The molecular weight excluding hydrogens is 490 g/mol. The maximum atomic E-state index is 14.5. The number of benzene rings is 1. The molecule has 38 heavy (non-hydrogen) atoms. The lowest BCUT2D eigenvalue weighted by Gasteiger charge is -2.35. The van der Waals surface area contributed by atoms with Crippen molar-refractivity contribution in [3.8, 4) is 11.1 Å². The van der Waals surface area contributed by atoms with Gasteiger partial charge in [-0.25, -0.2) is 8.78 Å². The molecule has 3 aromatic rings. The molecule has 1 amide bonds. The molecular formula is C28H34F2N6O2. The molecule has 3 aliphatic rings. The van der Waals surface area contributed by atoms with E-state index in [9.17, 15) is 13.6 Å². The Morgan fingerprint density at radius 3 is 2.63 bits per heavy atom. The zero-order valence-electron chi connectivity index (χ0n) is 22.2. The zero-order chi connectivity index (χ0) is 26.6. The van der Waals surface area contributed by atoms with Crippen molar-refractivity contribution >= 4 is 17.4 Å². The molecule has 0 N–H and O–H groups in total. The number of nitrogens with zero attached hydrogens (tertiary/aromatic N) is 6. The molecule has 0 unspecified atom stereocenters. The molecule has 6 rings (SSSR count). The van der Waals surface area contributed by atoms with Crippen LogP contribution in [0.25, 0.3) is 11.1 Å². The molecule has 1 atom stereocenters. The fraction of sp³-hybridized carbons (Fsp3) is 0.536. The number of amides is 1. The average Bonchev–Trinajstić information content (AvgIpc) is 3.52. The summed E-state index contributed by atoms with van der Waals surface area (Å²) in [7, 11) is 1.79. The van der Waals surface area contributed by atoms with Crippen LogP contribution in [-0.2, 0) is 29.5 Å². The minimum atomic E-state index is -2.63. The summed E-state index contributed by atoms with van der Waals surface area (Å²) in [6.07, 6.45) is 4.18. The molecule has 8 nitrogen and oxygen atoms in total. The summed E-state index contributed by atoms with van der Waals surface area (Å²) in [5.74, 6) is 1.04. The molecule has 0 radical (unpaired) electrons. The normalized spacial score (nSPS) is 20.1. The first kappa shape index (κ1) is 25.0. The van der Waals surface area contributed by atoms with E-state index in [1.165, 1.54) is 0 Å². The lowest BCUT2D eigenvalue weighted by molar-refractivity contribution is -0.129. The fourth-order valence-electron chi connectivity index (χ4n) is 6.20. The molecule has 0 bridgehead atoms. The molecule has 1 aromatic carbocycles. The molecule has 2 aromatic heterocycles. The number of carbonyl (C=O) groups excluding carboxylic acids is 1. The highest BCUT2D eigenvalue weighted by atomic mass is 19.3. The quantitative estimate of drug-likeness (QED) is 0.474. The van der Waals surface area contributed by atoms with Crippen LogP contribution in [0.2, 0.25) is 0 Å². The van der Waals surface area contributed by atoms with Gasteiger partial charge in [0.2, 0.25) is 5.91 Å². The first-order valence-electron chi connectivity index (χ1n) is 13.5. The number of hydrogen-bond donors (Lipinski definition) is 0. The molecule has 10 heteroatoms. The smallest absolute Gasteiger partial charge is 0.264 e. The third-order valence-electron chi connectivity index (χ3n) is 8.36. The second-order valence-corrected chi connectivity index (χ2v) is 10.8. The van der Waals surface area contributed by atoms with Gasteiger partial charge in [-0.1, -0.05) is 6.92 Å². The van der Waals surface area contributed by atoms with Crippen LogP contribution < -0.4 is 4.90 Å². The Morgan fingerprint density at radius 1 is 1.16 bits per heavy atom. The summed E-state index contributed by atoms with van der Waals surface area (Å²) in [5, 5.41) is 9.37. The Hall–Kier alpha value is -3.27. The van der Waals surface area contributed by atoms with E-state index in [1.807, 2.05) is 11.0 Å². The monoisotopic (exact) mass is 524 g/mol. The van der Waals surface area contributed by atoms with Crippen LogP contribution in [0.5, 0.6) is 0 Å². The standard InChI is InChI=1S/C28H34F2N6O2/c1-17-4-9-35(26-13-23(27(29)30)22(12-21(17)26)19-14-31-33(3)15-19)28-24-16-34(18(2)37)8-5-25(24)36(32-28)20-6-10-38-11-7-20/h12-15,17,20,27H,4-11,16H2,1-3H3/t17-/m1/s1. The van der Waals surface area contributed by atoms with Gasteiger partial charge < -0.3 is 14.5 Å². The number of alkyl halides is 2. The van der Waals surface area contributed by atoms with Crippen molar-refractivity contribution in [2.24, 2.45) is 7.05 Å². The summed E-state index contributed by atoms with van der Waals surface area (Å²) >= 11 is 0. The highest BCUT2D eigenvalue weighted by Crippen LogP contribution is 2.46. The lowest BCUT2D eigenvalue weighted by Crippen LogP contribution is -2.36. The number of aryl methyl sites for hydroxylation is 1. The predicted octanol–water partition coefficient (Wildman–Crippen LogP) is 5.12. The van der Waals surface area contributed by atoms with Crippen LogP contribution in [0.1, 0.15) is 73.9 Å². The van der Waals surface area contributed by atoms with E-state index in [2.05, 4.69) is 21.6 Å². The molecule has 1 saturated heterocycles. The van der Waals surface area contributed by atoms with E-state index >= 15 is 0 Å². The van der Waals surface area contributed by atoms with E-state index in [1.54, 1.807) is 37.1 Å². The number of ether oxygens (including phenoxy) is 1. The first-order valence-corrected chi connectivity index (χ1v) is 13.5. The van der Waals surface area contributed by atoms with Crippen molar-refractivity contribution in [2.75, 3.05) is 31.2 Å². The minimum absolute atomic E-state index is 0.000980. The number of aromatic nitrogens is 4. The van der Waals surface area contributed by atoms with E-state index in [0.717, 1.165) is 54.0 Å². The topological polar surface area (TPSA) is 68.4 Å². The Kier molecular flexibility index (Phi) is 6.45. The van der Waals surface area contributed by atoms with Gasteiger partial charge in [0.25, 0.3) is 6.43 Å². The second-order valence-electron chi connectivity index (χ2n) is 10.8. The van der Waals surface area contributed by atoms with Crippen molar-refractivity contribution in [3.63, 3.8) is 0 Å². The predicted molar refractivity (Wildman–Crippen MR) is 140 cm³/mol. The van der Waals surface area contributed by atoms with Crippen LogP contribution in [0.15, 0.2) is 24.5 Å². The fourth-order valence-corrected chi connectivity index (χ4v) is 6.20. The van der Waals surface area contributed by atoms with Gasteiger partial charge >= 0.3 is 0 Å². The summed E-state index contributed by atoms with van der Waals surface area (Å²) in [6.45, 7) is 6.98. The summed E-state index contributed by atoms with van der Waals surface area (Å²) in [4.78, 5) is 16.3. The van der Waals surface area contributed by atoms with Gasteiger partial charge in [-0.3, -0.25) is 14.2 Å². The molecule has 3 aliphatic heterocycles. The van der Waals surface area contributed by atoms with Gasteiger partial charge in [-0.15, -0.1) is 0 Å². The number of halogens is 2. The van der Waals surface area contributed by atoms with Gasteiger partial charge in [0.15, 0.2) is 5.82 Å². The van der Waals surface area contributed by atoms with Crippen LogP contribution in [0, 0.1) is 0 Å². The van der Waals surface area contributed by atoms with Crippen molar-refractivity contribution in [3.05, 3.63) is 46.9 Å². The molecule has 202 valence electrons. The van der Waals surface area contributed by atoms with Gasteiger partial charge in [0.05, 0.1) is 18.8 Å². The Bertz CT molecular complexity index is 1360. The van der Waals surface area contributed by atoms with E-state index in [0.29, 0.717) is 44.0 Å². The number of rotatable bonds is 4. The molecule has 1 fully saturated rings. The summed E-state index contributed by atoms with van der Waals surface area (Å²) < 4.78 is 38.3. The average molecular weight is 525 g/mol. The largest absolute Gasteiger partial charge is 0.381 e. The molecule has 0 aliphatic carbocycles. The highest BCUT2D eigenvalue weighted by molar-refractivity contribution is 5.78. The SMILES string of the molecule is CC(=O)N1CCc2c(c(N3CC[C@@H](C)c4cc(-c5cnn(C)c5)c(C(F)F)cc43)nn2C2CCOCC2)C1. The van der Waals surface area contributed by atoms with Gasteiger partial charge in [0, 0.05) is 81.0 Å². The molecule has 0 spiro atoms. The Labute approximate surface area is 221 Å². The van der Waals surface area contributed by atoms with Crippen molar-refractivity contribution in [2.45, 2.75) is 64.5 Å². The van der Waals surface area contributed by atoms with Crippen molar-refractivity contribution < 1.29 is 18.3 Å². The zero-order valence-corrected chi connectivity index (χ0v) is 22.2. The number of fused-ring (bicyclic) bond motifs is 2. The summed E-state index contributed by atoms with van der Waals surface area (Å²) in [6, 6.07) is 3.82. The van der Waals surface area contributed by atoms with Crippen LogP contribution in [0.3, 0.4) is 0 Å². The number of hydrogen-bond acceptors (Lipinski definition) is 5. The van der Waals surface area contributed by atoms with Crippen molar-refractivity contribution in [1.82, 2.24) is 24.5 Å². The maximum Gasteiger partial charge on any atom is 0.264 e. The van der Waals surface area contributed by atoms with Gasteiger partial charge in [-0.05, 0) is 48.4 Å². The Morgan fingerprint density at radius 2 is 1.95 bits per heavy atom. The molecule has 5 heterocycles. The highest BCUT2D eigenvalue weighted by Gasteiger charge is 2.35. The minimum Gasteiger partial charge on any atom is -0.381 e.